The molecule has 0 N–H and O–H groups in total. The third kappa shape index (κ3) is 8.51. The highest BCUT2D eigenvalue weighted by atomic mass is 15.0. The summed E-state index contributed by atoms with van der Waals surface area (Å²) in [5, 5.41) is 2.31. The normalized spacial score (nSPS) is 14.0. The van der Waals surface area contributed by atoms with E-state index in [2.05, 4.69) is 167 Å². The predicted octanol–water partition coefficient (Wildman–Crippen LogP) is 18.9. The van der Waals surface area contributed by atoms with Crippen LogP contribution in [0, 0.1) is 0 Å². The van der Waals surface area contributed by atoms with Gasteiger partial charge in [0, 0.05) is 33.2 Å². The summed E-state index contributed by atoms with van der Waals surface area (Å²) in [7, 11) is 0. The number of hydrogen-bond acceptors (Lipinski definition) is 3. The first-order chi connectivity index (χ1) is 42.3. The summed E-state index contributed by atoms with van der Waals surface area (Å²) in [6.07, 6.45) is 3.84. The van der Waals surface area contributed by atoms with Crippen molar-refractivity contribution >= 4 is 21.8 Å². The molecule has 4 nitrogen and oxygen atoms in total. The van der Waals surface area contributed by atoms with Crippen LogP contribution in [0.25, 0.3) is 128 Å². The predicted molar refractivity (Wildman–Crippen MR) is 320 cm³/mol. The molecule has 0 fully saturated rings. The molecule has 2 heterocycles. The molecule has 364 valence electrons. The van der Waals surface area contributed by atoms with Crippen LogP contribution in [0.5, 0.6) is 0 Å². The van der Waals surface area contributed by atoms with Crippen LogP contribution in [0.3, 0.4) is 0 Å². The van der Waals surface area contributed by atoms with Crippen molar-refractivity contribution in [2.45, 2.75) is 25.7 Å². The molecule has 0 unspecified atom stereocenters. The lowest BCUT2D eigenvalue weighted by Gasteiger charge is -2.30. The summed E-state index contributed by atoms with van der Waals surface area (Å²) < 4.78 is 88.7. The maximum atomic E-state index is 8.90. The van der Waals surface area contributed by atoms with E-state index in [4.69, 9.17) is 23.7 Å². The molecule has 1 aliphatic carbocycles. The van der Waals surface area contributed by atoms with Crippen LogP contribution >= 0.6 is 0 Å². The van der Waals surface area contributed by atoms with E-state index in [0.717, 1.165) is 114 Å². The molecule has 0 atom stereocenters. The van der Waals surface area contributed by atoms with Gasteiger partial charge in [0.2, 0.25) is 0 Å². The van der Waals surface area contributed by atoms with Crippen LogP contribution in [-0.2, 0) is 12.8 Å². The molecule has 0 saturated carbocycles. The average molecular weight is 995 g/mol. The second-order valence-electron chi connectivity index (χ2n) is 19.4. The van der Waals surface area contributed by atoms with Crippen molar-refractivity contribution in [2.24, 2.45) is 0 Å². The quantitative estimate of drug-likeness (QED) is 0.137. The Morgan fingerprint density at radius 2 is 0.636 bits per heavy atom. The molecule has 1 aliphatic rings. The molecular formula is C73H52N4. The first-order valence-corrected chi connectivity index (χ1v) is 26.0. The van der Waals surface area contributed by atoms with E-state index in [0.29, 0.717) is 5.56 Å². The summed E-state index contributed by atoms with van der Waals surface area (Å²) in [4.78, 5) is 14.0. The van der Waals surface area contributed by atoms with E-state index in [1.807, 2.05) is 48.5 Å². The van der Waals surface area contributed by atoms with Gasteiger partial charge in [0.15, 0.2) is 17.5 Å². The average Bonchev–Trinajstić information content (AvgIpc) is 1.68. The van der Waals surface area contributed by atoms with Crippen molar-refractivity contribution in [2.75, 3.05) is 0 Å². The van der Waals surface area contributed by atoms with Gasteiger partial charge < -0.3 is 4.57 Å². The molecule has 0 saturated heterocycles. The second-order valence-corrected chi connectivity index (χ2v) is 19.4. The Labute approximate surface area is 463 Å². The molecule has 13 aromatic rings. The molecule has 0 radical (unpaired) electrons. The summed E-state index contributed by atoms with van der Waals surface area (Å²) in [6, 6.07) is 66.5. The topological polar surface area (TPSA) is 43.6 Å². The van der Waals surface area contributed by atoms with Gasteiger partial charge in [0.05, 0.1) is 24.7 Å². The summed E-state index contributed by atoms with van der Waals surface area (Å²) in [5.41, 5.74) is 18.6. The Kier molecular flexibility index (Phi) is 9.33. The number of fused-ring (bicyclic) bond motifs is 4. The number of aromatic nitrogens is 4. The molecule has 11 aromatic carbocycles. The maximum Gasteiger partial charge on any atom is 0.164 e. The zero-order valence-corrected chi connectivity index (χ0v) is 41.7. The van der Waals surface area contributed by atoms with E-state index in [1.165, 1.54) is 16.7 Å². The van der Waals surface area contributed by atoms with Gasteiger partial charge in [-0.1, -0.05) is 230 Å². The Hall–Kier alpha value is -9.77. The van der Waals surface area contributed by atoms with Crippen molar-refractivity contribution in [3.05, 3.63) is 278 Å². The third-order valence-corrected chi connectivity index (χ3v) is 14.9. The molecule has 0 spiro atoms. The number of benzene rings is 11. The van der Waals surface area contributed by atoms with E-state index < -0.39 is 60.4 Å². The zero-order chi connectivity index (χ0) is 59.8. The maximum absolute atomic E-state index is 8.90. The van der Waals surface area contributed by atoms with Crippen LogP contribution in [0.1, 0.15) is 37.7 Å². The van der Waals surface area contributed by atoms with Crippen molar-refractivity contribution in [3.63, 3.8) is 0 Å². The summed E-state index contributed by atoms with van der Waals surface area (Å²) >= 11 is 0. The van der Waals surface area contributed by atoms with Crippen molar-refractivity contribution in [1.29, 1.82) is 0 Å². The first-order valence-electron chi connectivity index (χ1n) is 31.0. The molecular weight excluding hydrogens is 933 g/mol. The smallest absolute Gasteiger partial charge is 0.164 e. The standard InChI is InChI=1S/C73H52N4/c1-7-21-49(22-8-1)58-41-45-65-63(47-58)64-48-59(50-23-9-2-10-24-50)42-46-66(64)77(65)60-43-39-54(40-44-60)70-68(52-27-13-4-14-28-52)62-34-20-19-33-61(62)67(51-25-11-3-12-26-51)69(70)53-35-37-57(38-36-53)73-75-71(55-29-15-5-16-30-55)74-72(76-73)56-31-17-6-18-32-56/h1-18,21-32,35-48H,19-20,33-34H2/i5D,6D,15D,16D,17D,18D,29D,30D,31D,32D. The van der Waals surface area contributed by atoms with E-state index in [-0.39, 0.29) is 28.6 Å². The third-order valence-electron chi connectivity index (χ3n) is 14.9. The molecule has 2 aromatic heterocycles. The SMILES string of the molecule is [2H]c1c([2H])c([2H])c(-c2nc(-c3ccc(-c4c(-c5ccccc5)c5c(c(-c6ccccc6)c4-c4ccc(-n6c7ccc(-c8ccccc8)cc7c7cc(-c8ccccc8)ccc76)cc4)CCCC5)cc3)nc(-c3c([2H])c([2H])c([2H])c([2H])c3[2H])n2)c([2H])c1[2H]. The van der Waals surface area contributed by atoms with Crippen molar-refractivity contribution in [1.82, 2.24) is 19.5 Å². The first kappa shape index (κ1) is 36.2. The van der Waals surface area contributed by atoms with Gasteiger partial charge in [-0.25, -0.2) is 15.0 Å². The Bertz CT molecular complexity index is 4640. The minimum absolute atomic E-state index is 0.00711. The fourth-order valence-corrected chi connectivity index (χ4v) is 11.4. The minimum Gasteiger partial charge on any atom is -0.309 e. The van der Waals surface area contributed by atoms with Crippen LogP contribution in [0.4, 0.5) is 0 Å². The largest absolute Gasteiger partial charge is 0.309 e. The minimum atomic E-state index is -0.608. The van der Waals surface area contributed by atoms with Crippen molar-refractivity contribution in [3.8, 4) is 107 Å². The fourth-order valence-electron chi connectivity index (χ4n) is 11.4. The molecule has 0 aliphatic heterocycles. The van der Waals surface area contributed by atoms with Crippen LogP contribution < -0.4 is 0 Å². The summed E-state index contributed by atoms with van der Waals surface area (Å²) in [6.45, 7) is 0. The van der Waals surface area contributed by atoms with Crippen LogP contribution in [0.2, 0.25) is 0 Å². The lowest BCUT2D eigenvalue weighted by Crippen LogP contribution is -2.10. The van der Waals surface area contributed by atoms with E-state index >= 15 is 0 Å². The molecule has 0 bridgehead atoms. The summed E-state index contributed by atoms with van der Waals surface area (Å²) in [5.74, 6) is -0.652. The van der Waals surface area contributed by atoms with Crippen LogP contribution in [-0.4, -0.2) is 19.5 Å². The van der Waals surface area contributed by atoms with E-state index in [9.17, 15) is 0 Å². The highest BCUT2D eigenvalue weighted by molar-refractivity contribution is 6.12. The van der Waals surface area contributed by atoms with Gasteiger partial charge in [-0.05, 0) is 140 Å². The van der Waals surface area contributed by atoms with Crippen LogP contribution in [0.15, 0.2) is 267 Å². The van der Waals surface area contributed by atoms with Gasteiger partial charge in [0.25, 0.3) is 0 Å². The highest BCUT2D eigenvalue weighted by Crippen LogP contribution is 2.52. The lowest BCUT2D eigenvalue weighted by molar-refractivity contribution is 0.688. The van der Waals surface area contributed by atoms with E-state index in [1.54, 1.807) is 0 Å². The van der Waals surface area contributed by atoms with Gasteiger partial charge in [0.1, 0.15) is 0 Å². The Balaban J connectivity index is 0.987. The number of rotatable bonds is 10. The van der Waals surface area contributed by atoms with Gasteiger partial charge in [-0.2, -0.15) is 0 Å². The van der Waals surface area contributed by atoms with Crippen molar-refractivity contribution < 1.29 is 13.7 Å². The molecule has 4 heteroatoms. The molecule has 14 rings (SSSR count). The fraction of sp³-hybridized carbons (Fsp3) is 0.0548. The Morgan fingerprint density at radius 1 is 0.299 bits per heavy atom. The Morgan fingerprint density at radius 3 is 1.05 bits per heavy atom. The second kappa shape index (κ2) is 19.8. The molecule has 77 heavy (non-hydrogen) atoms. The van der Waals surface area contributed by atoms with Gasteiger partial charge >= 0.3 is 0 Å². The van der Waals surface area contributed by atoms with Gasteiger partial charge in [-0.3, -0.25) is 0 Å². The lowest BCUT2D eigenvalue weighted by atomic mass is 9.73. The van der Waals surface area contributed by atoms with Gasteiger partial charge in [-0.15, -0.1) is 0 Å². The highest BCUT2D eigenvalue weighted by Gasteiger charge is 2.29. The monoisotopic (exact) mass is 994 g/mol. The zero-order valence-electron chi connectivity index (χ0n) is 51.7. The molecule has 0 amide bonds. The number of hydrogen-bond donors (Lipinski definition) is 0. The number of nitrogens with zero attached hydrogens (tertiary/aromatic N) is 4.